The van der Waals surface area contributed by atoms with Crippen LogP contribution in [0.15, 0.2) is 59.5 Å². The third-order valence-electron chi connectivity index (χ3n) is 5.15. The SMILES string of the molecule is O=C1CCS(=O)(=O)N1c1ccc(S(=O)(=O)N2CCN(c3ccccc3)CC2)cc1. The number of hydrogen-bond acceptors (Lipinski definition) is 6. The highest BCUT2D eigenvalue weighted by molar-refractivity contribution is 7.94. The molecule has 0 saturated carbocycles. The van der Waals surface area contributed by atoms with Gasteiger partial charge in [0.25, 0.3) is 0 Å². The van der Waals surface area contributed by atoms with E-state index in [1.807, 2.05) is 30.3 Å². The topological polar surface area (TPSA) is 95.1 Å². The molecule has 0 unspecified atom stereocenters. The second-order valence-corrected chi connectivity index (χ2v) is 10.8. The molecule has 4 rings (SSSR count). The van der Waals surface area contributed by atoms with Gasteiger partial charge in [0, 0.05) is 38.3 Å². The minimum Gasteiger partial charge on any atom is -0.369 e. The molecule has 2 aliphatic rings. The minimum absolute atomic E-state index is 0.0614. The van der Waals surface area contributed by atoms with Gasteiger partial charge in [-0.15, -0.1) is 0 Å². The van der Waals surface area contributed by atoms with Crippen LogP contribution in [-0.4, -0.2) is 59.0 Å². The molecule has 1 amide bonds. The molecule has 154 valence electrons. The van der Waals surface area contributed by atoms with Crippen LogP contribution >= 0.6 is 0 Å². The second kappa shape index (κ2) is 7.43. The van der Waals surface area contributed by atoms with Gasteiger partial charge in [-0.2, -0.15) is 4.31 Å². The average Bonchev–Trinajstić information content (AvgIpc) is 3.01. The van der Waals surface area contributed by atoms with E-state index in [-0.39, 0.29) is 22.8 Å². The Morgan fingerprint density at radius 2 is 1.41 bits per heavy atom. The molecule has 0 atom stereocenters. The third-order valence-corrected chi connectivity index (χ3v) is 8.75. The van der Waals surface area contributed by atoms with E-state index in [0.717, 1.165) is 9.99 Å². The van der Waals surface area contributed by atoms with Crippen LogP contribution in [0.25, 0.3) is 0 Å². The molecule has 2 aromatic rings. The number of benzene rings is 2. The van der Waals surface area contributed by atoms with Crippen LogP contribution in [0.3, 0.4) is 0 Å². The lowest BCUT2D eigenvalue weighted by Crippen LogP contribution is -2.48. The zero-order chi connectivity index (χ0) is 20.6. The lowest BCUT2D eigenvalue weighted by atomic mass is 10.2. The Balaban J connectivity index is 1.49. The van der Waals surface area contributed by atoms with E-state index in [1.165, 1.54) is 28.6 Å². The summed E-state index contributed by atoms with van der Waals surface area (Å²) in [5.74, 6) is -0.727. The largest absolute Gasteiger partial charge is 0.369 e. The number of para-hydroxylation sites is 1. The molecule has 2 heterocycles. The molecule has 2 aromatic carbocycles. The van der Waals surface area contributed by atoms with Gasteiger partial charge < -0.3 is 4.90 Å². The zero-order valence-electron chi connectivity index (χ0n) is 15.6. The predicted octanol–water partition coefficient (Wildman–Crippen LogP) is 1.26. The van der Waals surface area contributed by atoms with Crippen LogP contribution in [0.2, 0.25) is 0 Å². The van der Waals surface area contributed by atoms with E-state index in [9.17, 15) is 21.6 Å². The molecule has 0 spiro atoms. The molecule has 2 aliphatic heterocycles. The smallest absolute Gasteiger partial charge is 0.243 e. The first-order chi connectivity index (χ1) is 13.8. The monoisotopic (exact) mass is 435 g/mol. The molecule has 10 heteroatoms. The normalized spacial score (nSPS) is 20.2. The Kier molecular flexibility index (Phi) is 5.09. The number of carbonyl (C=O) groups is 1. The van der Waals surface area contributed by atoms with Crippen LogP contribution in [-0.2, 0) is 24.8 Å². The van der Waals surface area contributed by atoms with E-state index in [1.54, 1.807) is 0 Å². The highest BCUT2D eigenvalue weighted by atomic mass is 32.2. The Labute approximate surface area is 170 Å². The van der Waals surface area contributed by atoms with E-state index in [0.29, 0.717) is 26.2 Å². The first-order valence-electron chi connectivity index (χ1n) is 9.25. The van der Waals surface area contributed by atoms with Gasteiger partial charge in [0.15, 0.2) is 0 Å². The number of anilines is 2. The molecule has 29 heavy (non-hydrogen) atoms. The van der Waals surface area contributed by atoms with Gasteiger partial charge in [-0.1, -0.05) is 18.2 Å². The lowest BCUT2D eigenvalue weighted by molar-refractivity contribution is -0.116. The molecule has 8 nitrogen and oxygen atoms in total. The summed E-state index contributed by atoms with van der Waals surface area (Å²) in [6, 6.07) is 15.3. The maximum absolute atomic E-state index is 13.0. The number of piperazine rings is 1. The van der Waals surface area contributed by atoms with Crippen molar-refractivity contribution in [3.8, 4) is 0 Å². The molecule has 0 aromatic heterocycles. The summed E-state index contributed by atoms with van der Waals surface area (Å²) in [6.07, 6.45) is -0.0614. The number of nitrogens with zero attached hydrogens (tertiary/aromatic N) is 3. The van der Waals surface area contributed by atoms with Gasteiger partial charge in [0.05, 0.1) is 16.3 Å². The van der Waals surface area contributed by atoms with Crippen molar-refractivity contribution in [3.05, 3.63) is 54.6 Å². The van der Waals surface area contributed by atoms with Gasteiger partial charge >= 0.3 is 0 Å². The molecular formula is C19H21N3O5S2. The fourth-order valence-corrected chi connectivity index (χ4v) is 6.48. The molecule has 0 bridgehead atoms. The average molecular weight is 436 g/mol. The third kappa shape index (κ3) is 3.75. The molecule has 0 radical (unpaired) electrons. The van der Waals surface area contributed by atoms with Gasteiger partial charge in [-0.25, -0.2) is 21.1 Å². The molecular weight excluding hydrogens is 414 g/mol. The van der Waals surface area contributed by atoms with E-state index in [4.69, 9.17) is 0 Å². The number of carbonyl (C=O) groups excluding carboxylic acids is 1. The molecule has 0 N–H and O–H groups in total. The van der Waals surface area contributed by atoms with Gasteiger partial charge in [-0.3, -0.25) is 4.79 Å². The Morgan fingerprint density at radius 1 is 0.793 bits per heavy atom. The maximum atomic E-state index is 13.0. The summed E-state index contributed by atoms with van der Waals surface area (Å²) in [5.41, 5.74) is 1.23. The van der Waals surface area contributed by atoms with Crippen LogP contribution in [0.4, 0.5) is 11.4 Å². The fraction of sp³-hybridized carbons (Fsp3) is 0.316. The molecule has 2 fully saturated rings. The van der Waals surface area contributed by atoms with Crippen molar-refractivity contribution < 1.29 is 21.6 Å². The van der Waals surface area contributed by atoms with Crippen molar-refractivity contribution in [1.29, 1.82) is 0 Å². The quantitative estimate of drug-likeness (QED) is 0.718. The summed E-state index contributed by atoms with van der Waals surface area (Å²) >= 11 is 0. The Morgan fingerprint density at radius 3 is 1.97 bits per heavy atom. The lowest BCUT2D eigenvalue weighted by Gasteiger charge is -2.35. The first-order valence-corrected chi connectivity index (χ1v) is 12.3. The standard InChI is InChI=1S/C19H21N3O5S2/c23-19-10-15-28(24,25)22(19)17-6-8-18(9-7-17)29(26,27)21-13-11-20(12-14-21)16-4-2-1-3-5-16/h1-9H,10-15H2. The van der Waals surface area contributed by atoms with Crippen molar-refractivity contribution in [2.24, 2.45) is 0 Å². The van der Waals surface area contributed by atoms with Crippen LogP contribution in [0.5, 0.6) is 0 Å². The summed E-state index contributed by atoms with van der Waals surface area (Å²) in [6.45, 7) is 1.89. The summed E-state index contributed by atoms with van der Waals surface area (Å²) in [7, 11) is -7.37. The van der Waals surface area contributed by atoms with Crippen molar-refractivity contribution in [2.45, 2.75) is 11.3 Å². The van der Waals surface area contributed by atoms with E-state index < -0.39 is 26.0 Å². The second-order valence-electron chi connectivity index (χ2n) is 6.94. The van der Waals surface area contributed by atoms with Crippen LogP contribution < -0.4 is 9.21 Å². The van der Waals surface area contributed by atoms with Gasteiger partial charge in [0.1, 0.15) is 0 Å². The van der Waals surface area contributed by atoms with E-state index in [2.05, 4.69) is 4.90 Å². The summed E-state index contributed by atoms with van der Waals surface area (Å²) < 4.78 is 52.2. The van der Waals surface area contributed by atoms with Crippen molar-refractivity contribution in [3.63, 3.8) is 0 Å². The number of rotatable bonds is 4. The Hall–Kier alpha value is -2.43. The predicted molar refractivity (Wildman–Crippen MR) is 110 cm³/mol. The number of amides is 1. The minimum atomic E-state index is -3.70. The van der Waals surface area contributed by atoms with Crippen LogP contribution in [0.1, 0.15) is 6.42 Å². The van der Waals surface area contributed by atoms with Crippen molar-refractivity contribution in [1.82, 2.24) is 4.31 Å². The number of hydrogen-bond donors (Lipinski definition) is 0. The summed E-state index contributed by atoms with van der Waals surface area (Å²) in [4.78, 5) is 14.1. The maximum Gasteiger partial charge on any atom is 0.243 e. The zero-order valence-corrected chi connectivity index (χ0v) is 17.3. The summed E-state index contributed by atoms with van der Waals surface area (Å²) in [5, 5.41) is 0. The van der Waals surface area contributed by atoms with Crippen LogP contribution in [0, 0.1) is 0 Å². The van der Waals surface area contributed by atoms with Gasteiger partial charge in [-0.05, 0) is 36.4 Å². The fourth-order valence-electron chi connectivity index (χ4n) is 3.60. The first kappa shape index (κ1) is 19.9. The van der Waals surface area contributed by atoms with Gasteiger partial charge in [0.2, 0.25) is 26.0 Å². The number of sulfonamides is 2. The molecule has 2 saturated heterocycles. The van der Waals surface area contributed by atoms with Crippen molar-refractivity contribution in [2.75, 3.05) is 41.1 Å². The van der Waals surface area contributed by atoms with E-state index >= 15 is 0 Å². The highest BCUT2D eigenvalue weighted by Crippen LogP contribution is 2.27. The van der Waals surface area contributed by atoms with Crippen molar-refractivity contribution >= 4 is 37.3 Å². The molecule has 0 aliphatic carbocycles. The highest BCUT2D eigenvalue weighted by Gasteiger charge is 2.36. The Bertz CT molecular complexity index is 1110.